The molecule has 0 aromatic heterocycles. The maximum absolute atomic E-state index is 5.70. The van der Waals surface area contributed by atoms with Crippen molar-refractivity contribution in [3.8, 4) is 0 Å². The lowest BCUT2D eigenvalue weighted by molar-refractivity contribution is 0.0172. The van der Waals surface area contributed by atoms with E-state index in [1.54, 1.807) is 0 Å². The van der Waals surface area contributed by atoms with Crippen molar-refractivity contribution in [1.82, 2.24) is 0 Å². The molecule has 2 atom stereocenters. The molecule has 0 fully saturated rings. The first-order chi connectivity index (χ1) is 5.61. The molecule has 0 rings (SSSR count). The van der Waals surface area contributed by atoms with Crippen molar-refractivity contribution < 1.29 is 4.74 Å². The molecule has 0 aromatic rings. The smallest absolute Gasteiger partial charge is 0.0570 e. The van der Waals surface area contributed by atoms with Crippen molar-refractivity contribution in [2.75, 3.05) is 12.4 Å². The number of rotatable bonds is 6. The molecule has 1 nitrogen and oxygen atoms in total. The van der Waals surface area contributed by atoms with Crippen LogP contribution in [0, 0.1) is 11.8 Å². The van der Waals surface area contributed by atoms with Gasteiger partial charge < -0.3 is 4.74 Å². The molecular weight excluding hydrogens is 168 g/mol. The van der Waals surface area contributed by atoms with Gasteiger partial charge in [0.05, 0.1) is 12.7 Å². The number of ether oxygens (including phenoxy) is 1. The zero-order valence-corrected chi connectivity index (χ0v) is 9.60. The maximum atomic E-state index is 5.70. The van der Waals surface area contributed by atoms with E-state index in [1.807, 2.05) is 0 Å². The Bertz CT molecular complexity index is 98.0. The summed E-state index contributed by atoms with van der Waals surface area (Å²) < 4.78 is 5.70. The lowest BCUT2D eigenvalue weighted by atomic mass is 10.1. The molecule has 0 saturated carbocycles. The highest BCUT2D eigenvalue weighted by Gasteiger charge is 2.10. The van der Waals surface area contributed by atoms with Crippen LogP contribution in [0.15, 0.2) is 0 Å². The normalized spacial score (nSPS) is 16.5. The molecule has 74 valence electrons. The number of hydrogen-bond acceptors (Lipinski definition) is 2. The van der Waals surface area contributed by atoms with E-state index in [4.69, 9.17) is 4.74 Å². The summed E-state index contributed by atoms with van der Waals surface area (Å²) in [5.41, 5.74) is 0. The van der Waals surface area contributed by atoms with Crippen molar-refractivity contribution in [2.45, 2.75) is 40.2 Å². The first-order valence-corrected chi connectivity index (χ1v) is 5.47. The van der Waals surface area contributed by atoms with Crippen LogP contribution in [-0.4, -0.2) is 18.5 Å². The molecule has 0 amide bonds. The zero-order chi connectivity index (χ0) is 9.56. The van der Waals surface area contributed by atoms with E-state index in [-0.39, 0.29) is 0 Å². The molecule has 12 heavy (non-hydrogen) atoms. The molecule has 0 aliphatic carbocycles. The van der Waals surface area contributed by atoms with Crippen LogP contribution in [0.2, 0.25) is 0 Å². The fourth-order valence-electron chi connectivity index (χ4n) is 0.780. The Labute approximate surface area is 82.3 Å². The van der Waals surface area contributed by atoms with Gasteiger partial charge in [0.25, 0.3) is 0 Å². The van der Waals surface area contributed by atoms with Crippen molar-refractivity contribution in [2.24, 2.45) is 11.8 Å². The highest BCUT2D eigenvalue weighted by atomic mass is 32.1. The van der Waals surface area contributed by atoms with Crippen LogP contribution in [0.4, 0.5) is 0 Å². The molecule has 0 radical (unpaired) electrons. The zero-order valence-electron chi connectivity index (χ0n) is 8.71. The van der Waals surface area contributed by atoms with Crippen LogP contribution in [-0.2, 0) is 4.74 Å². The topological polar surface area (TPSA) is 9.23 Å². The average molecular weight is 190 g/mol. The molecule has 0 heterocycles. The third-order valence-corrected chi connectivity index (χ3v) is 2.89. The van der Waals surface area contributed by atoms with Gasteiger partial charge in [-0.3, -0.25) is 0 Å². The van der Waals surface area contributed by atoms with Crippen molar-refractivity contribution >= 4 is 12.6 Å². The summed E-state index contributed by atoms with van der Waals surface area (Å²) in [4.78, 5) is 0. The van der Waals surface area contributed by atoms with Gasteiger partial charge in [0, 0.05) is 0 Å². The lowest BCUT2D eigenvalue weighted by Gasteiger charge is -2.20. The van der Waals surface area contributed by atoms with E-state index < -0.39 is 0 Å². The lowest BCUT2D eigenvalue weighted by Crippen LogP contribution is -2.20. The molecule has 0 aromatic carbocycles. The molecular formula is C10H22OS. The van der Waals surface area contributed by atoms with Gasteiger partial charge >= 0.3 is 0 Å². The predicted molar refractivity (Wildman–Crippen MR) is 57.9 cm³/mol. The van der Waals surface area contributed by atoms with Gasteiger partial charge in [0.15, 0.2) is 0 Å². The Morgan fingerprint density at radius 1 is 1.25 bits per heavy atom. The third-order valence-electron chi connectivity index (χ3n) is 2.37. The highest BCUT2D eigenvalue weighted by Crippen LogP contribution is 2.10. The van der Waals surface area contributed by atoms with Crippen LogP contribution >= 0.6 is 12.6 Å². The van der Waals surface area contributed by atoms with E-state index in [0.717, 1.165) is 18.8 Å². The minimum absolute atomic E-state index is 0.374. The molecule has 0 aliphatic heterocycles. The Balaban J connectivity index is 3.51. The summed E-state index contributed by atoms with van der Waals surface area (Å²) in [5, 5.41) is 0. The fraction of sp³-hybridized carbons (Fsp3) is 1.00. The second kappa shape index (κ2) is 6.79. The van der Waals surface area contributed by atoms with E-state index in [2.05, 4.69) is 40.3 Å². The van der Waals surface area contributed by atoms with E-state index in [1.165, 1.54) is 0 Å². The highest BCUT2D eigenvalue weighted by molar-refractivity contribution is 7.80. The van der Waals surface area contributed by atoms with E-state index in [0.29, 0.717) is 17.9 Å². The first kappa shape index (κ1) is 12.3. The summed E-state index contributed by atoms with van der Waals surface area (Å²) in [6, 6.07) is 0. The Morgan fingerprint density at radius 3 is 2.17 bits per heavy atom. The summed E-state index contributed by atoms with van der Waals surface area (Å²) in [5.74, 6) is 2.17. The van der Waals surface area contributed by atoms with Gasteiger partial charge in [-0.1, -0.05) is 27.2 Å². The first-order valence-electron chi connectivity index (χ1n) is 4.84. The number of thiol groups is 1. The standard InChI is InChI=1S/C10H22OS/c1-5-10(7-12)6-11-9(4)8(2)3/h8-10,12H,5-7H2,1-4H3. The number of hydrogen-bond donors (Lipinski definition) is 1. The predicted octanol–water partition coefficient (Wildman–Crippen LogP) is 3.00. The van der Waals surface area contributed by atoms with Gasteiger partial charge in [-0.2, -0.15) is 12.6 Å². The summed E-state index contributed by atoms with van der Waals surface area (Å²) in [6.45, 7) is 9.55. The van der Waals surface area contributed by atoms with Gasteiger partial charge in [-0.05, 0) is 24.5 Å². The Hall–Kier alpha value is 0.310. The molecule has 0 bridgehead atoms. The van der Waals surface area contributed by atoms with Crippen LogP contribution in [0.5, 0.6) is 0 Å². The molecule has 0 spiro atoms. The largest absolute Gasteiger partial charge is 0.378 e. The molecule has 2 unspecified atom stereocenters. The Morgan fingerprint density at radius 2 is 1.83 bits per heavy atom. The summed E-state index contributed by atoms with van der Waals surface area (Å²) in [6.07, 6.45) is 1.54. The average Bonchev–Trinajstić information content (AvgIpc) is 2.05. The van der Waals surface area contributed by atoms with Crippen LogP contribution in [0.1, 0.15) is 34.1 Å². The van der Waals surface area contributed by atoms with Crippen molar-refractivity contribution in [1.29, 1.82) is 0 Å². The van der Waals surface area contributed by atoms with Crippen LogP contribution in [0.25, 0.3) is 0 Å². The second-order valence-electron chi connectivity index (χ2n) is 3.74. The molecule has 0 saturated heterocycles. The van der Waals surface area contributed by atoms with Crippen molar-refractivity contribution in [3.05, 3.63) is 0 Å². The fourth-order valence-corrected chi connectivity index (χ4v) is 1.14. The van der Waals surface area contributed by atoms with Gasteiger partial charge in [0.1, 0.15) is 0 Å². The maximum Gasteiger partial charge on any atom is 0.0570 e. The molecule has 0 N–H and O–H groups in total. The van der Waals surface area contributed by atoms with E-state index in [9.17, 15) is 0 Å². The van der Waals surface area contributed by atoms with Gasteiger partial charge in [0.2, 0.25) is 0 Å². The van der Waals surface area contributed by atoms with Gasteiger partial charge in [-0.15, -0.1) is 0 Å². The molecule has 2 heteroatoms. The minimum Gasteiger partial charge on any atom is -0.378 e. The summed E-state index contributed by atoms with van der Waals surface area (Å²) >= 11 is 4.27. The molecule has 0 aliphatic rings. The van der Waals surface area contributed by atoms with Crippen LogP contribution in [0.3, 0.4) is 0 Å². The van der Waals surface area contributed by atoms with Crippen molar-refractivity contribution in [3.63, 3.8) is 0 Å². The quantitative estimate of drug-likeness (QED) is 0.633. The van der Waals surface area contributed by atoms with Crippen LogP contribution < -0.4 is 0 Å². The monoisotopic (exact) mass is 190 g/mol. The summed E-state index contributed by atoms with van der Waals surface area (Å²) in [7, 11) is 0. The second-order valence-corrected chi connectivity index (χ2v) is 4.10. The Kier molecular flexibility index (Phi) is 6.96. The third kappa shape index (κ3) is 5.04. The SMILES string of the molecule is CCC(CS)COC(C)C(C)C. The van der Waals surface area contributed by atoms with Gasteiger partial charge in [-0.25, -0.2) is 0 Å². The van der Waals surface area contributed by atoms with E-state index >= 15 is 0 Å². The minimum atomic E-state index is 0.374.